The second-order valence-corrected chi connectivity index (χ2v) is 8.24. The summed E-state index contributed by atoms with van der Waals surface area (Å²) >= 11 is 6.38. The number of alkyl halides is 1. The minimum atomic E-state index is -0.380. The number of anilines is 4. The lowest BCUT2D eigenvalue weighted by Gasteiger charge is -2.25. The zero-order chi connectivity index (χ0) is 25.4. The number of nitrogens with zero attached hydrogens (tertiary/aromatic N) is 5. The zero-order valence-corrected chi connectivity index (χ0v) is 20.8. The number of rotatable bonds is 11. The number of ether oxygens (including phenoxy) is 1. The first kappa shape index (κ1) is 26.0. The lowest BCUT2D eigenvalue weighted by molar-refractivity contribution is 0.300. The molecule has 0 aliphatic heterocycles. The van der Waals surface area contributed by atoms with Gasteiger partial charge in [0, 0.05) is 50.7 Å². The summed E-state index contributed by atoms with van der Waals surface area (Å²) in [6.07, 6.45) is 4.57. The Morgan fingerprint density at radius 1 is 1.20 bits per heavy atom. The number of methoxy groups -OCH3 is 1. The third-order valence-corrected chi connectivity index (χ3v) is 5.67. The minimum Gasteiger partial charge on any atom is -0.494 e. The third kappa shape index (κ3) is 6.49. The van der Waals surface area contributed by atoms with Crippen LogP contribution in [0.5, 0.6) is 5.75 Å². The molecule has 0 spiro atoms. The number of likely N-dealkylation sites (N-methyl/N-ethyl adjacent to an activating group) is 2. The molecule has 0 aliphatic rings. The molecule has 2 aromatic heterocycles. The second-order valence-electron chi connectivity index (χ2n) is 7.84. The average molecular weight is 501 g/mol. The SMILES string of the molecule is COc1cc(N(C)CCN(C)CCF)c(N)cc1Nc1ncc(Cl)c(C(=CN)c2ccccn2)n1. The number of nitrogens with one attached hydrogen (secondary N) is 1. The van der Waals surface area contributed by atoms with Gasteiger partial charge in [0.2, 0.25) is 5.95 Å². The van der Waals surface area contributed by atoms with Crippen LogP contribution in [0.2, 0.25) is 5.02 Å². The quantitative estimate of drug-likeness (QED) is 0.339. The largest absolute Gasteiger partial charge is 0.494 e. The first-order chi connectivity index (χ1) is 16.9. The number of benzene rings is 1. The third-order valence-electron chi connectivity index (χ3n) is 5.40. The zero-order valence-electron chi connectivity index (χ0n) is 20.0. The molecule has 0 amide bonds. The molecule has 5 N–H and O–H groups in total. The van der Waals surface area contributed by atoms with Crippen molar-refractivity contribution in [3.05, 3.63) is 65.3 Å². The highest BCUT2D eigenvalue weighted by Crippen LogP contribution is 2.36. The van der Waals surface area contributed by atoms with Crippen LogP contribution in [0.1, 0.15) is 11.4 Å². The minimum absolute atomic E-state index is 0.284. The van der Waals surface area contributed by atoms with Gasteiger partial charge in [-0.15, -0.1) is 0 Å². The van der Waals surface area contributed by atoms with E-state index in [4.69, 9.17) is 27.8 Å². The molecule has 0 bridgehead atoms. The molecular weight excluding hydrogens is 471 g/mol. The maximum atomic E-state index is 12.5. The molecule has 0 saturated heterocycles. The van der Waals surface area contributed by atoms with Crippen molar-refractivity contribution in [2.75, 3.05) is 63.5 Å². The first-order valence-corrected chi connectivity index (χ1v) is 11.3. The summed E-state index contributed by atoms with van der Waals surface area (Å²) in [4.78, 5) is 17.1. The van der Waals surface area contributed by atoms with Gasteiger partial charge in [-0.05, 0) is 25.2 Å². The highest BCUT2D eigenvalue weighted by Gasteiger charge is 2.17. The van der Waals surface area contributed by atoms with Crippen molar-refractivity contribution in [1.29, 1.82) is 0 Å². The predicted octanol–water partition coefficient (Wildman–Crippen LogP) is 3.54. The summed E-state index contributed by atoms with van der Waals surface area (Å²) in [5.41, 5.74) is 15.8. The molecule has 3 rings (SSSR count). The van der Waals surface area contributed by atoms with Crippen LogP contribution in [0, 0.1) is 0 Å². The van der Waals surface area contributed by atoms with Crippen LogP contribution in [-0.2, 0) is 0 Å². The van der Waals surface area contributed by atoms with Crippen molar-refractivity contribution >= 4 is 40.2 Å². The van der Waals surface area contributed by atoms with Gasteiger partial charge in [-0.2, -0.15) is 0 Å². The van der Waals surface area contributed by atoms with E-state index in [-0.39, 0.29) is 12.6 Å². The highest BCUT2D eigenvalue weighted by molar-refractivity contribution is 6.32. The summed E-state index contributed by atoms with van der Waals surface area (Å²) in [6.45, 7) is 1.37. The maximum Gasteiger partial charge on any atom is 0.227 e. The Morgan fingerprint density at radius 2 is 2.00 bits per heavy atom. The van der Waals surface area contributed by atoms with Crippen LogP contribution in [0.3, 0.4) is 0 Å². The van der Waals surface area contributed by atoms with Gasteiger partial charge in [-0.3, -0.25) is 4.98 Å². The van der Waals surface area contributed by atoms with E-state index in [1.54, 1.807) is 19.4 Å². The molecule has 0 saturated carbocycles. The Labute approximate surface area is 209 Å². The number of nitrogens with two attached hydrogens (primary N) is 2. The fraction of sp³-hybridized carbons (Fsp3) is 0.292. The Balaban J connectivity index is 1.86. The predicted molar refractivity (Wildman–Crippen MR) is 140 cm³/mol. The maximum absolute atomic E-state index is 12.5. The van der Waals surface area contributed by atoms with Gasteiger partial charge in [-0.1, -0.05) is 17.7 Å². The fourth-order valence-electron chi connectivity index (χ4n) is 3.42. The van der Waals surface area contributed by atoms with Gasteiger partial charge >= 0.3 is 0 Å². The van der Waals surface area contributed by atoms with E-state index >= 15 is 0 Å². The molecule has 35 heavy (non-hydrogen) atoms. The van der Waals surface area contributed by atoms with E-state index in [1.807, 2.05) is 48.2 Å². The van der Waals surface area contributed by atoms with Gasteiger partial charge in [0.15, 0.2) is 0 Å². The molecular formula is C24H30ClFN8O. The molecule has 186 valence electrons. The Kier molecular flexibility index (Phi) is 9.04. The van der Waals surface area contributed by atoms with E-state index in [0.29, 0.717) is 58.7 Å². The topological polar surface area (TPSA) is 118 Å². The monoisotopic (exact) mass is 500 g/mol. The number of aromatic nitrogens is 3. The molecule has 0 fully saturated rings. The number of pyridine rings is 1. The van der Waals surface area contributed by atoms with Crippen molar-refractivity contribution in [2.45, 2.75) is 0 Å². The fourth-order valence-corrected chi connectivity index (χ4v) is 3.62. The average Bonchev–Trinajstić information content (AvgIpc) is 2.86. The lowest BCUT2D eigenvalue weighted by Crippen LogP contribution is -2.32. The number of hydrogen-bond donors (Lipinski definition) is 3. The molecule has 11 heteroatoms. The van der Waals surface area contributed by atoms with E-state index in [2.05, 4.69) is 20.3 Å². The molecule has 0 radical (unpaired) electrons. The molecule has 2 heterocycles. The van der Waals surface area contributed by atoms with Crippen molar-refractivity contribution < 1.29 is 9.13 Å². The van der Waals surface area contributed by atoms with E-state index in [0.717, 1.165) is 5.69 Å². The van der Waals surface area contributed by atoms with Crippen molar-refractivity contribution in [1.82, 2.24) is 19.9 Å². The van der Waals surface area contributed by atoms with Crippen molar-refractivity contribution in [3.8, 4) is 5.75 Å². The van der Waals surface area contributed by atoms with E-state index < -0.39 is 0 Å². The van der Waals surface area contributed by atoms with Gasteiger partial charge in [0.05, 0.1) is 46.8 Å². The Bertz CT molecular complexity index is 1160. The number of halogens is 2. The Morgan fingerprint density at radius 3 is 2.66 bits per heavy atom. The van der Waals surface area contributed by atoms with Crippen LogP contribution >= 0.6 is 11.6 Å². The van der Waals surface area contributed by atoms with Gasteiger partial charge in [0.25, 0.3) is 0 Å². The molecule has 9 nitrogen and oxygen atoms in total. The lowest BCUT2D eigenvalue weighted by atomic mass is 10.1. The number of hydrogen-bond acceptors (Lipinski definition) is 9. The van der Waals surface area contributed by atoms with E-state index in [1.165, 1.54) is 12.4 Å². The summed E-state index contributed by atoms with van der Waals surface area (Å²) in [7, 11) is 5.37. The first-order valence-electron chi connectivity index (χ1n) is 10.9. The summed E-state index contributed by atoms with van der Waals surface area (Å²) < 4.78 is 18.1. The molecule has 1 aromatic carbocycles. The molecule has 0 aliphatic carbocycles. The van der Waals surface area contributed by atoms with Crippen LogP contribution < -0.4 is 26.4 Å². The van der Waals surface area contributed by atoms with Crippen molar-refractivity contribution in [2.24, 2.45) is 5.73 Å². The van der Waals surface area contributed by atoms with Crippen LogP contribution in [0.15, 0.2) is 48.9 Å². The summed E-state index contributed by atoms with van der Waals surface area (Å²) in [5.74, 6) is 0.837. The molecule has 0 atom stereocenters. The molecule has 3 aromatic rings. The second kappa shape index (κ2) is 12.2. The standard InChI is InChI=1S/C24H30ClFN8O/c1-33(9-7-26)10-11-34(2)21-13-22(35-3)20(12-18(21)28)31-24-30-15-17(25)23(32-24)16(14-27)19-6-4-5-8-29-19/h4-6,8,12-15H,7,9-11,27-28H2,1-3H3,(H,30,31,32). The van der Waals surface area contributed by atoms with Gasteiger partial charge < -0.3 is 31.3 Å². The number of nitrogen functional groups attached to an aromatic ring is 1. The highest BCUT2D eigenvalue weighted by atomic mass is 35.5. The van der Waals surface area contributed by atoms with Crippen molar-refractivity contribution in [3.63, 3.8) is 0 Å². The van der Waals surface area contributed by atoms with E-state index in [9.17, 15) is 4.39 Å². The van der Waals surface area contributed by atoms with Crippen LogP contribution in [0.4, 0.5) is 27.4 Å². The van der Waals surface area contributed by atoms with Crippen LogP contribution in [0.25, 0.3) is 5.57 Å². The van der Waals surface area contributed by atoms with Gasteiger partial charge in [0.1, 0.15) is 12.4 Å². The smallest absolute Gasteiger partial charge is 0.227 e. The normalized spacial score (nSPS) is 11.5. The van der Waals surface area contributed by atoms with Crippen LogP contribution in [-0.4, -0.2) is 67.4 Å². The molecule has 0 unspecified atom stereocenters. The summed E-state index contributed by atoms with van der Waals surface area (Å²) in [5, 5.41) is 3.49. The summed E-state index contributed by atoms with van der Waals surface area (Å²) in [6, 6.07) is 9.07. The van der Waals surface area contributed by atoms with Gasteiger partial charge in [-0.25, -0.2) is 14.4 Å². The Hall–Kier alpha value is -3.63.